The largest absolute Gasteiger partial charge is 0.465 e. The maximum atomic E-state index is 12.5. The molecule has 9 heteroatoms. The third-order valence-corrected chi connectivity index (χ3v) is 7.08. The first kappa shape index (κ1) is 29.9. The number of aliphatic hydroxyl groups excluding tert-OH is 1. The Morgan fingerprint density at radius 3 is 2.10 bits per heavy atom. The van der Waals surface area contributed by atoms with E-state index < -0.39 is 34.2 Å². The van der Waals surface area contributed by atoms with Crippen LogP contribution in [0.5, 0.6) is 0 Å². The molecule has 0 aliphatic heterocycles. The molecule has 0 radical (unpaired) electrons. The number of carbonyl (C=O) groups excluding carboxylic acids is 1. The summed E-state index contributed by atoms with van der Waals surface area (Å²) in [5.74, 6) is -0.392. The topological polar surface area (TPSA) is 124 Å². The molecule has 0 aromatic heterocycles. The van der Waals surface area contributed by atoms with Gasteiger partial charge in [-0.25, -0.2) is 17.9 Å². The third kappa shape index (κ3) is 8.40. The lowest BCUT2D eigenvalue weighted by molar-refractivity contribution is 0.0559. The lowest BCUT2D eigenvalue weighted by Crippen LogP contribution is -2.42. The Morgan fingerprint density at radius 2 is 1.54 bits per heavy atom. The minimum atomic E-state index is -3.68. The van der Waals surface area contributed by atoms with Crippen molar-refractivity contribution in [1.82, 2.24) is 9.62 Å². The van der Waals surface area contributed by atoms with Crippen molar-refractivity contribution in [2.75, 3.05) is 12.8 Å². The van der Waals surface area contributed by atoms with E-state index in [2.05, 4.69) is 0 Å². The Labute approximate surface area is 230 Å². The first-order valence-electron chi connectivity index (χ1n) is 12.8. The van der Waals surface area contributed by atoms with Crippen LogP contribution < -0.4 is 4.72 Å². The van der Waals surface area contributed by atoms with Crippen LogP contribution in [0.3, 0.4) is 0 Å². The second kappa shape index (κ2) is 12.9. The molecule has 39 heavy (non-hydrogen) atoms. The maximum absolute atomic E-state index is 12.5. The molecule has 2 amide bonds. The predicted octanol–water partition coefficient (Wildman–Crippen LogP) is 4.89. The number of rotatable bonds is 11. The van der Waals surface area contributed by atoms with Gasteiger partial charge >= 0.3 is 6.09 Å². The molecule has 2 atom stereocenters. The average molecular weight is 553 g/mol. The predicted molar refractivity (Wildman–Crippen MR) is 152 cm³/mol. The first-order chi connectivity index (χ1) is 18.4. The summed E-state index contributed by atoms with van der Waals surface area (Å²) >= 11 is 0. The molecule has 0 fully saturated rings. The highest BCUT2D eigenvalue weighted by atomic mass is 32.2. The van der Waals surface area contributed by atoms with Gasteiger partial charge in [-0.3, -0.25) is 4.79 Å². The van der Waals surface area contributed by atoms with Crippen molar-refractivity contribution in [2.45, 2.75) is 45.8 Å². The molecule has 0 spiro atoms. The number of sulfonamides is 1. The van der Waals surface area contributed by atoms with Gasteiger partial charge < -0.3 is 15.1 Å². The smallest absolute Gasteiger partial charge is 0.407 e. The molecule has 0 saturated heterocycles. The SMILES string of the molecule is CC(C)Cc1cc(-c2ccc(CCN(C(=O)O)[C@@H](C)[C@H](O)c3ccccc3)cc2)ccc1C(=O)NS(C)(=O)=O. The molecule has 0 aliphatic carbocycles. The van der Waals surface area contributed by atoms with Crippen LogP contribution in [0.4, 0.5) is 4.79 Å². The maximum Gasteiger partial charge on any atom is 0.407 e. The quantitative estimate of drug-likeness (QED) is 0.311. The van der Waals surface area contributed by atoms with Crippen LogP contribution in [0.2, 0.25) is 0 Å². The molecule has 0 heterocycles. The fraction of sp³-hybridized carbons (Fsp3) is 0.333. The summed E-state index contributed by atoms with van der Waals surface area (Å²) in [5.41, 5.74) is 4.50. The van der Waals surface area contributed by atoms with Crippen LogP contribution in [0, 0.1) is 5.92 Å². The third-order valence-electron chi connectivity index (χ3n) is 6.52. The van der Waals surface area contributed by atoms with E-state index in [9.17, 15) is 28.2 Å². The minimum Gasteiger partial charge on any atom is -0.465 e. The van der Waals surface area contributed by atoms with E-state index in [1.807, 2.05) is 67.1 Å². The monoisotopic (exact) mass is 552 g/mol. The van der Waals surface area contributed by atoms with E-state index in [-0.39, 0.29) is 12.5 Å². The van der Waals surface area contributed by atoms with Crippen molar-refractivity contribution in [2.24, 2.45) is 5.92 Å². The average Bonchev–Trinajstić information content (AvgIpc) is 2.87. The van der Waals surface area contributed by atoms with E-state index in [1.54, 1.807) is 31.2 Å². The van der Waals surface area contributed by atoms with Gasteiger partial charge in [-0.1, -0.05) is 80.6 Å². The molecule has 3 N–H and O–H groups in total. The molecule has 0 bridgehead atoms. The van der Waals surface area contributed by atoms with Gasteiger partial charge in [0.1, 0.15) is 0 Å². The summed E-state index contributed by atoms with van der Waals surface area (Å²) < 4.78 is 25.2. The highest BCUT2D eigenvalue weighted by Gasteiger charge is 2.26. The molecule has 0 aliphatic rings. The van der Waals surface area contributed by atoms with E-state index in [0.717, 1.165) is 28.5 Å². The van der Waals surface area contributed by atoms with Crippen molar-refractivity contribution in [3.8, 4) is 11.1 Å². The Morgan fingerprint density at radius 1 is 0.923 bits per heavy atom. The van der Waals surface area contributed by atoms with Crippen LogP contribution in [0.1, 0.15) is 53.9 Å². The number of hydrogen-bond acceptors (Lipinski definition) is 5. The van der Waals surface area contributed by atoms with Crippen molar-refractivity contribution >= 4 is 22.0 Å². The second-order valence-corrected chi connectivity index (χ2v) is 11.9. The van der Waals surface area contributed by atoms with Crippen LogP contribution in [-0.4, -0.2) is 54.4 Å². The summed E-state index contributed by atoms with van der Waals surface area (Å²) in [6.45, 7) is 5.98. The lowest BCUT2D eigenvalue weighted by Gasteiger charge is -2.30. The van der Waals surface area contributed by atoms with Gasteiger partial charge in [0.25, 0.3) is 5.91 Å². The molecule has 8 nitrogen and oxygen atoms in total. The Kier molecular flexibility index (Phi) is 9.88. The van der Waals surface area contributed by atoms with Crippen molar-refractivity contribution in [1.29, 1.82) is 0 Å². The molecule has 3 aromatic carbocycles. The van der Waals surface area contributed by atoms with Gasteiger partial charge in [0.2, 0.25) is 10.0 Å². The summed E-state index contributed by atoms with van der Waals surface area (Å²) in [6, 6.07) is 21.5. The van der Waals surface area contributed by atoms with E-state index in [0.29, 0.717) is 24.0 Å². The highest BCUT2D eigenvalue weighted by molar-refractivity contribution is 7.89. The number of benzene rings is 3. The standard InChI is InChI=1S/C30H36N2O6S/c1-20(2)18-26-19-25(14-15-27(26)29(34)31-39(4,37)38)23-12-10-22(11-13-23)16-17-32(30(35)36)21(3)28(33)24-8-6-5-7-9-24/h5-15,19-21,28,33H,16-18H2,1-4H3,(H,31,34)(H,35,36)/t21-,28-/m0/s1. The summed E-state index contributed by atoms with van der Waals surface area (Å²) in [7, 11) is -3.68. The summed E-state index contributed by atoms with van der Waals surface area (Å²) in [4.78, 5) is 25.8. The fourth-order valence-electron chi connectivity index (χ4n) is 4.51. The molecule has 3 rings (SSSR count). The van der Waals surface area contributed by atoms with Gasteiger partial charge in [-0.05, 0) is 59.6 Å². The van der Waals surface area contributed by atoms with Crippen LogP contribution in [0.25, 0.3) is 11.1 Å². The number of carboxylic acid groups (broad SMARTS) is 1. The Balaban J connectivity index is 1.75. The summed E-state index contributed by atoms with van der Waals surface area (Å²) in [6.07, 6.45) is 0.00185. The first-order valence-corrected chi connectivity index (χ1v) is 14.7. The lowest BCUT2D eigenvalue weighted by atomic mass is 9.93. The van der Waals surface area contributed by atoms with Crippen LogP contribution in [0.15, 0.2) is 72.8 Å². The number of carbonyl (C=O) groups is 2. The van der Waals surface area contributed by atoms with Gasteiger partial charge in [-0.15, -0.1) is 0 Å². The van der Waals surface area contributed by atoms with E-state index >= 15 is 0 Å². The zero-order valence-electron chi connectivity index (χ0n) is 22.7. The van der Waals surface area contributed by atoms with Gasteiger partial charge in [-0.2, -0.15) is 0 Å². The molecular weight excluding hydrogens is 516 g/mol. The number of nitrogens with one attached hydrogen (secondary N) is 1. The number of amides is 2. The molecule has 0 saturated carbocycles. The Hall–Kier alpha value is -3.69. The molecule has 3 aromatic rings. The van der Waals surface area contributed by atoms with Crippen LogP contribution in [-0.2, 0) is 22.9 Å². The molecular formula is C30H36N2O6S. The van der Waals surface area contributed by atoms with Crippen LogP contribution >= 0.6 is 0 Å². The number of nitrogens with zero attached hydrogens (tertiary/aromatic N) is 1. The number of hydrogen-bond donors (Lipinski definition) is 3. The van der Waals surface area contributed by atoms with Gasteiger partial charge in [0.05, 0.1) is 18.4 Å². The van der Waals surface area contributed by atoms with Gasteiger partial charge in [0.15, 0.2) is 0 Å². The van der Waals surface area contributed by atoms with Gasteiger partial charge in [0, 0.05) is 12.1 Å². The number of aliphatic hydroxyl groups is 1. The highest BCUT2D eigenvalue weighted by Crippen LogP contribution is 2.26. The zero-order valence-corrected chi connectivity index (χ0v) is 23.5. The van der Waals surface area contributed by atoms with Crippen molar-refractivity contribution < 1.29 is 28.2 Å². The normalized spacial score (nSPS) is 13.1. The zero-order chi connectivity index (χ0) is 28.7. The minimum absolute atomic E-state index is 0.225. The van der Waals surface area contributed by atoms with E-state index in [4.69, 9.17) is 0 Å². The van der Waals surface area contributed by atoms with Crippen molar-refractivity contribution in [3.05, 3.63) is 95.1 Å². The molecule has 208 valence electrons. The molecule has 0 unspecified atom stereocenters. The summed E-state index contributed by atoms with van der Waals surface area (Å²) in [5, 5.41) is 20.5. The van der Waals surface area contributed by atoms with Crippen molar-refractivity contribution in [3.63, 3.8) is 0 Å². The fourth-order valence-corrected chi connectivity index (χ4v) is 4.96. The van der Waals surface area contributed by atoms with E-state index in [1.165, 1.54) is 4.90 Å². The second-order valence-electron chi connectivity index (χ2n) is 10.2. The Bertz CT molecular complexity index is 1390.